The highest BCUT2D eigenvalue weighted by Crippen LogP contribution is 2.35. The molecular weight excluding hydrogens is 416 g/mol. The summed E-state index contributed by atoms with van der Waals surface area (Å²) in [5.74, 6) is 0. The summed E-state index contributed by atoms with van der Waals surface area (Å²) < 4.78 is 27.3. The van der Waals surface area contributed by atoms with E-state index in [2.05, 4.69) is 38.9 Å². The van der Waals surface area contributed by atoms with Crippen molar-refractivity contribution in [1.82, 2.24) is 14.6 Å². The van der Waals surface area contributed by atoms with Crippen LogP contribution < -0.4 is 0 Å². The van der Waals surface area contributed by atoms with E-state index in [9.17, 15) is 8.42 Å². The fourth-order valence-corrected chi connectivity index (χ4v) is 5.64. The SMILES string of the molecule is CS(=O)(=O)c1nc2c(s1)c1c(n2Cc2ccccc2)CN(Cc2ccccc2)N=C1. The number of fused-ring (bicyclic) bond motifs is 3. The van der Waals surface area contributed by atoms with Crippen molar-refractivity contribution in [3.05, 3.63) is 83.0 Å². The predicted octanol–water partition coefficient (Wildman–Crippen LogP) is 3.90. The van der Waals surface area contributed by atoms with Crippen molar-refractivity contribution in [1.29, 1.82) is 0 Å². The molecule has 0 aliphatic carbocycles. The Balaban J connectivity index is 1.59. The van der Waals surface area contributed by atoms with Crippen LogP contribution in [0.1, 0.15) is 22.4 Å². The first-order chi connectivity index (χ1) is 14.5. The third kappa shape index (κ3) is 3.53. The highest BCUT2D eigenvalue weighted by molar-refractivity contribution is 7.92. The molecule has 0 N–H and O–H groups in total. The van der Waals surface area contributed by atoms with Crippen molar-refractivity contribution in [2.75, 3.05) is 6.26 Å². The molecular formula is C22H20N4O2S2. The van der Waals surface area contributed by atoms with Gasteiger partial charge in [0.25, 0.3) is 0 Å². The maximum atomic E-state index is 12.1. The fraction of sp³-hybridized carbons (Fsp3) is 0.182. The van der Waals surface area contributed by atoms with Crippen LogP contribution in [-0.2, 0) is 29.5 Å². The smallest absolute Gasteiger partial charge is 0.211 e. The quantitative estimate of drug-likeness (QED) is 0.476. The van der Waals surface area contributed by atoms with Crippen molar-refractivity contribution in [3.63, 3.8) is 0 Å². The lowest BCUT2D eigenvalue weighted by Gasteiger charge is -2.24. The molecule has 0 saturated carbocycles. The van der Waals surface area contributed by atoms with Gasteiger partial charge in [-0.15, -0.1) is 11.3 Å². The molecule has 0 amide bonds. The normalized spacial score (nSPS) is 13.7. The molecule has 3 heterocycles. The van der Waals surface area contributed by atoms with Gasteiger partial charge in [-0.1, -0.05) is 60.7 Å². The molecule has 0 spiro atoms. The minimum absolute atomic E-state index is 0.150. The molecule has 1 aliphatic rings. The zero-order chi connectivity index (χ0) is 20.7. The second-order valence-corrected chi connectivity index (χ2v) is 10.6. The van der Waals surface area contributed by atoms with E-state index in [1.165, 1.54) is 23.2 Å². The fourth-order valence-electron chi connectivity index (χ4n) is 3.70. The molecule has 8 heteroatoms. The van der Waals surface area contributed by atoms with E-state index < -0.39 is 9.84 Å². The number of nitrogens with zero attached hydrogens (tertiary/aromatic N) is 4. The van der Waals surface area contributed by atoms with Crippen LogP contribution in [-0.4, -0.2) is 35.4 Å². The lowest BCUT2D eigenvalue weighted by Crippen LogP contribution is -2.23. The second kappa shape index (κ2) is 7.37. The Morgan fingerprint density at radius 3 is 2.23 bits per heavy atom. The molecule has 1 aliphatic heterocycles. The van der Waals surface area contributed by atoms with Gasteiger partial charge in [-0.2, -0.15) is 5.10 Å². The summed E-state index contributed by atoms with van der Waals surface area (Å²) in [4.78, 5) is 4.51. The summed E-state index contributed by atoms with van der Waals surface area (Å²) in [5, 5.41) is 6.66. The lowest BCUT2D eigenvalue weighted by atomic mass is 10.2. The number of benzene rings is 2. The average Bonchev–Trinajstić information content (AvgIpc) is 3.29. The van der Waals surface area contributed by atoms with Gasteiger partial charge in [0.1, 0.15) is 0 Å². The van der Waals surface area contributed by atoms with Crippen LogP contribution in [0.2, 0.25) is 0 Å². The molecule has 0 radical (unpaired) electrons. The molecule has 0 bridgehead atoms. The molecule has 2 aromatic heterocycles. The van der Waals surface area contributed by atoms with Gasteiger partial charge < -0.3 is 4.57 Å². The van der Waals surface area contributed by atoms with E-state index in [1.54, 1.807) is 0 Å². The van der Waals surface area contributed by atoms with Crippen molar-refractivity contribution in [2.24, 2.45) is 5.10 Å². The van der Waals surface area contributed by atoms with Crippen LogP contribution in [0, 0.1) is 0 Å². The average molecular weight is 437 g/mol. The molecule has 0 unspecified atom stereocenters. The number of aromatic nitrogens is 2. The number of hydrogen-bond donors (Lipinski definition) is 0. The zero-order valence-corrected chi connectivity index (χ0v) is 18.0. The van der Waals surface area contributed by atoms with Gasteiger partial charge >= 0.3 is 0 Å². The van der Waals surface area contributed by atoms with E-state index >= 15 is 0 Å². The van der Waals surface area contributed by atoms with Crippen LogP contribution in [0.15, 0.2) is 70.1 Å². The lowest BCUT2D eigenvalue weighted by molar-refractivity contribution is 0.261. The minimum atomic E-state index is -3.36. The number of thiazole rings is 1. The number of hydrogen-bond acceptors (Lipinski definition) is 6. The van der Waals surface area contributed by atoms with Gasteiger partial charge in [0, 0.05) is 18.4 Å². The van der Waals surface area contributed by atoms with Crippen LogP contribution in [0.3, 0.4) is 0 Å². The summed E-state index contributed by atoms with van der Waals surface area (Å²) >= 11 is 1.23. The van der Waals surface area contributed by atoms with Crippen LogP contribution in [0.25, 0.3) is 10.3 Å². The molecule has 0 atom stereocenters. The Bertz CT molecular complexity index is 1340. The van der Waals surface area contributed by atoms with E-state index in [0.29, 0.717) is 25.3 Å². The Kier molecular flexibility index (Phi) is 4.67. The maximum absolute atomic E-state index is 12.1. The highest BCUT2D eigenvalue weighted by atomic mass is 32.2. The Morgan fingerprint density at radius 1 is 0.967 bits per heavy atom. The van der Waals surface area contributed by atoms with E-state index in [4.69, 9.17) is 0 Å². The highest BCUT2D eigenvalue weighted by Gasteiger charge is 2.26. The summed E-state index contributed by atoms with van der Waals surface area (Å²) in [5.41, 5.74) is 5.13. The molecule has 5 rings (SSSR count). The second-order valence-electron chi connectivity index (χ2n) is 7.39. The predicted molar refractivity (Wildman–Crippen MR) is 120 cm³/mol. The maximum Gasteiger partial charge on any atom is 0.211 e. The van der Waals surface area contributed by atoms with Crippen LogP contribution in [0.4, 0.5) is 0 Å². The zero-order valence-electron chi connectivity index (χ0n) is 16.4. The molecule has 152 valence electrons. The third-order valence-corrected chi connectivity index (χ3v) is 7.87. The van der Waals surface area contributed by atoms with Gasteiger partial charge in [0.05, 0.1) is 29.7 Å². The van der Waals surface area contributed by atoms with Gasteiger partial charge in [-0.25, -0.2) is 13.4 Å². The first-order valence-corrected chi connectivity index (χ1v) is 12.3. The summed E-state index contributed by atoms with van der Waals surface area (Å²) in [6, 6.07) is 20.4. The number of hydrazone groups is 1. The van der Waals surface area contributed by atoms with Gasteiger partial charge in [0.15, 0.2) is 5.65 Å². The van der Waals surface area contributed by atoms with Gasteiger partial charge in [-0.3, -0.25) is 5.01 Å². The van der Waals surface area contributed by atoms with Crippen LogP contribution >= 0.6 is 11.3 Å². The molecule has 4 aromatic rings. The Labute approximate surface area is 179 Å². The molecule has 30 heavy (non-hydrogen) atoms. The molecule has 6 nitrogen and oxygen atoms in total. The minimum Gasteiger partial charge on any atom is -0.322 e. The number of sulfone groups is 1. The van der Waals surface area contributed by atoms with E-state index in [-0.39, 0.29) is 4.34 Å². The van der Waals surface area contributed by atoms with Crippen molar-refractivity contribution in [2.45, 2.75) is 24.0 Å². The van der Waals surface area contributed by atoms with Crippen molar-refractivity contribution < 1.29 is 8.42 Å². The molecule has 0 saturated heterocycles. The Morgan fingerprint density at radius 2 is 1.60 bits per heavy atom. The topological polar surface area (TPSA) is 67.6 Å². The first kappa shape index (κ1) is 19.0. The van der Waals surface area contributed by atoms with Crippen molar-refractivity contribution >= 4 is 37.7 Å². The summed E-state index contributed by atoms with van der Waals surface area (Å²) in [6.45, 7) is 1.99. The van der Waals surface area contributed by atoms with Gasteiger partial charge in [-0.05, 0) is 11.1 Å². The van der Waals surface area contributed by atoms with E-state index in [1.807, 2.05) is 47.6 Å². The summed E-state index contributed by atoms with van der Waals surface area (Å²) in [6.07, 6.45) is 3.05. The van der Waals surface area contributed by atoms with Crippen LogP contribution in [0.5, 0.6) is 0 Å². The van der Waals surface area contributed by atoms with E-state index in [0.717, 1.165) is 21.5 Å². The first-order valence-electron chi connectivity index (χ1n) is 9.58. The van der Waals surface area contributed by atoms with Crippen molar-refractivity contribution in [3.8, 4) is 0 Å². The molecule has 0 fully saturated rings. The molecule has 2 aromatic carbocycles. The van der Waals surface area contributed by atoms with Gasteiger partial charge in [0.2, 0.25) is 14.2 Å². The monoisotopic (exact) mass is 436 g/mol. The summed E-state index contributed by atoms with van der Waals surface area (Å²) in [7, 11) is -3.36. The standard InChI is InChI=1S/C22H20N4O2S2/c1-30(27,28)22-24-21-20(29-22)18-12-23-25(13-16-8-4-2-5-9-16)15-19(18)26(21)14-17-10-6-3-7-11-17/h2-12H,13-15H2,1H3. The number of rotatable bonds is 5. The third-order valence-electron chi connectivity index (χ3n) is 5.12. The largest absolute Gasteiger partial charge is 0.322 e. The Hall–Kier alpha value is -2.97.